The number of hydrogen-bond acceptors (Lipinski definition) is 6. The van der Waals surface area contributed by atoms with Crippen LogP contribution in [0.4, 0.5) is 0 Å². The molecular formula is C21H26O6. The lowest BCUT2D eigenvalue weighted by Gasteiger charge is -2.29. The fraction of sp³-hybridized carbons (Fsp3) is 0.429. The summed E-state index contributed by atoms with van der Waals surface area (Å²) >= 11 is 0. The highest BCUT2D eigenvalue weighted by Gasteiger charge is 2.38. The summed E-state index contributed by atoms with van der Waals surface area (Å²) in [7, 11) is 0. The van der Waals surface area contributed by atoms with Gasteiger partial charge >= 0.3 is 11.9 Å². The second-order valence-corrected chi connectivity index (χ2v) is 6.84. The normalized spacial score (nSPS) is 15.9. The minimum absolute atomic E-state index is 0.0393. The van der Waals surface area contributed by atoms with Crippen molar-refractivity contribution >= 4 is 18.0 Å². The summed E-state index contributed by atoms with van der Waals surface area (Å²) in [6.45, 7) is 13.0. The summed E-state index contributed by atoms with van der Waals surface area (Å²) in [4.78, 5) is 24.4. The van der Waals surface area contributed by atoms with Gasteiger partial charge in [-0.05, 0) is 51.0 Å². The van der Waals surface area contributed by atoms with Crippen LogP contribution >= 0.6 is 0 Å². The average Bonchev–Trinajstić information content (AvgIpc) is 2.53. The van der Waals surface area contributed by atoms with Crippen molar-refractivity contribution < 1.29 is 28.5 Å². The molecule has 1 aliphatic heterocycles. The molecule has 27 heavy (non-hydrogen) atoms. The average molecular weight is 374 g/mol. The second kappa shape index (κ2) is 8.29. The Hall–Kier alpha value is -2.76. The number of carbonyl (C=O) groups is 2. The molecule has 0 bridgehead atoms. The van der Waals surface area contributed by atoms with E-state index in [9.17, 15) is 9.59 Å². The summed E-state index contributed by atoms with van der Waals surface area (Å²) in [6.07, 6.45) is 3.69. The van der Waals surface area contributed by atoms with Gasteiger partial charge in [-0.1, -0.05) is 6.08 Å². The standard InChI is InChI=1S/C21H26O6/c1-7-9-15-10-14(12-17(24-8-2)18(15)25-13(3)4)11-16-19(22)26-21(5,6)27-20(16)23/h7,10-13H,1,8-9H2,2-6H3. The number of carbonyl (C=O) groups excluding carboxylic acids is 2. The second-order valence-electron chi connectivity index (χ2n) is 6.84. The van der Waals surface area contributed by atoms with Crippen LogP contribution in [0, 0.1) is 0 Å². The SMILES string of the molecule is C=CCc1cc(C=C2C(=O)OC(C)(C)OC2=O)cc(OCC)c1OC(C)C. The van der Waals surface area contributed by atoms with Gasteiger partial charge in [0.2, 0.25) is 0 Å². The van der Waals surface area contributed by atoms with Gasteiger partial charge in [0.1, 0.15) is 5.57 Å². The quantitative estimate of drug-likeness (QED) is 0.313. The first kappa shape index (κ1) is 20.6. The van der Waals surface area contributed by atoms with E-state index >= 15 is 0 Å². The van der Waals surface area contributed by atoms with E-state index in [4.69, 9.17) is 18.9 Å². The van der Waals surface area contributed by atoms with Crippen molar-refractivity contribution in [2.24, 2.45) is 0 Å². The van der Waals surface area contributed by atoms with Crippen molar-refractivity contribution in [3.8, 4) is 11.5 Å². The molecule has 1 aromatic rings. The third-order valence-corrected chi connectivity index (χ3v) is 3.60. The third kappa shape index (κ3) is 5.12. The fourth-order valence-electron chi connectivity index (χ4n) is 2.65. The zero-order valence-corrected chi connectivity index (χ0v) is 16.5. The highest BCUT2D eigenvalue weighted by Crippen LogP contribution is 2.36. The van der Waals surface area contributed by atoms with Gasteiger partial charge < -0.3 is 18.9 Å². The Labute approximate surface area is 159 Å². The molecule has 146 valence electrons. The first-order valence-corrected chi connectivity index (χ1v) is 8.92. The summed E-state index contributed by atoms with van der Waals surface area (Å²) in [6, 6.07) is 3.55. The van der Waals surface area contributed by atoms with Crippen LogP contribution in [0.1, 0.15) is 45.7 Å². The molecule has 0 amide bonds. The maximum atomic E-state index is 12.2. The number of benzene rings is 1. The lowest BCUT2D eigenvalue weighted by Crippen LogP contribution is -2.41. The van der Waals surface area contributed by atoms with Gasteiger partial charge in [0, 0.05) is 19.4 Å². The van der Waals surface area contributed by atoms with Crippen LogP contribution in [0.5, 0.6) is 11.5 Å². The first-order chi connectivity index (χ1) is 12.7. The molecule has 0 aromatic heterocycles. The lowest BCUT2D eigenvalue weighted by atomic mass is 10.0. The van der Waals surface area contributed by atoms with Gasteiger partial charge in [0.05, 0.1) is 12.7 Å². The van der Waals surface area contributed by atoms with Gasteiger partial charge in [-0.2, -0.15) is 0 Å². The highest BCUT2D eigenvalue weighted by molar-refractivity contribution is 6.18. The zero-order chi connectivity index (χ0) is 20.2. The Morgan fingerprint density at radius 3 is 2.33 bits per heavy atom. The van der Waals surface area contributed by atoms with Gasteiger partial charge in [0.15, 0.2) is 11.5 Å². The molecular weight excluding hydrogens is 348 g/mol. The zero-order valence-electron chi connectivity index (χ0n) is 16.5. The Morgan fingerprint density at radius 2 is 1.81 bits per heavy atom. The molecule has 0 atom stereocenters. The molecule has 0 N–H and O–H groups in total. The van der Waals surface area contributed by atoms with Crippen molar-refractivity contribution in [1.82, 2.24) is 0 Å². The van der Waals surface area contributed by atoms with Crippen molar-refractivity contribution in [1.29, 1.82) is 0 Å². The number of esters is 2. The van der Waals surface area contributed by atoms with E-state index in [1.165, 1.54) is 19.9 Å². The Morgan fingerprint density at radius 1 is 1.19 bits per heavy atom. The maximum Gasteiger partial charge on any atom is 0.348 e. The molecule has 2 rings (SSSR count). The summed E-state index contributed by atoms with van der Waals surface area (Å²) in [5.41, 5.74) is 1.28. The topological polar surface area (TPSA) is 71.1 Å². The Bertz CT molecular complexity index is 751. The van der Waals surface area contributed by atoms with E-state index < -0.39 is 17.7 Å². The molecule has 1 fully saturated rings. The van der Waals surface area contributed by atoms with Crippen molar-refractivity contribution in [3.63, 3.8) is 0 Å². The third-order valence-electron chi connectivity index (χ3n) is 3.60. The molecule has 0 saturated carbocycles. The van der Waals surface area contributed by atoms with Gasteiger partial charge in [-0.3, -0.25) is 0 Å². The molecule has 1 aliphatic rings. The molecule has 1 heterocycles. The van der Waals surface area contributed by atoms with E-state index in [1.807, 2.05) is 26.8 Å². The Balaban J connectivity index is 2.52. The van der Waals surface area contributed by atoms with Gasteiger partial charge in [-0.15, -0.1) is 6.58 Å². The lowest BCUT2D eigenvalue weighted by molar-refractivity contribution is -0.222. The van der Waals surface area contributed by atoms with Crippen LogP contribution in [-0.2, 0) is 25.5 Å². The minimum Gasteiger partial charge on any atom is -0.490 e. The predicted octanol–water partition coefficient (Wildman–Crippen LogP) is 3.82. The van der Waals surface area contributed by atoms with E-state index in [0.717, 1.165) is 5.56 Å². The largest absolute Gasteiger partial charge is 0.490 e. The highest BCUT2D eigenvalue weighted by atomic mass is 16.7. The predicted molar refractivity (Wildman–Crippen MR) is 102 cm³/mol. The maximum absolute atomic E-state index is 12.2. The van der Waals surface area contributed by atoms with Gasteiger partial charge in [0.25, 0.3) is 5.79 Å². The minimum atomic E-state index is -1.27. The van der Waals surface area contributed by atoms with Crippen molar-refractivity contribution in [2.75, 3.05) is 6.61 Å². The van der Waals surface area contributed by atoms with E-state index in [0.29, 0.717) is 30.1 Å². The van der Waals surface area contributed by atoms with E-state index in [2.05, 4.69) is 6.58 Å². The fourth-order valence-corrected chi connectivity index (χ4v) is 2.65. The molecule has 0 aliphatic carbocycles. The molecule has 1 aromatic carbocycles. The van der Waals surface area contributed by atoms with Crippen LogP contribution in [0.2, 0.25) is 0 Å². The molecule has 0 spiro atoms. The summed E-state index contributed by atoms with van der Waals surface area (Å²) < 4.78 is 21.9. The number of rotatable bonds is 7. The van der Waals surface area contributed by atoms with Crippen molar-refractivity contribution in [3.05, 3.63) is 41.5 Å². The summed E-state index contributed by atoms with van der Waals surface area (Å²) in [5.74, 6) is -1.55. The monoisotopic (exact) mass is 374 g/mol. The summed E-state index contributed by atoms with van der Waals surface area (Å²) in [5, 5.41) is 0. The van der Waals surface area contributed by atoms with Crippen LogP contribution in [0.3, 0.4) is 0 Å². The van der Waals surface area contributed by atoms with E-state index in [-0.39, 0.29) is 11.7 Å². The number of hydrogen-bond donors (Lipinski definition) is 0. The van der Waals surface area contributed by atoms with Crippen LogP contribution in [0.15, 0.2) is 30.4 Å². The van der Waals surface area contributed by atoms with Gasteiger partial charge in [-0.25, -0.2) is 9.59 Å². The van der Waals surface area contributed by atoms with Crippen LogP contribution in [0.25, 0.3) is 6.08 Å². The Kier molecular flexibility index (Phi) is 6.31. The molecule has 0 radical (unpaired) electrons. The molecule has 0 unspecified atom stereocenters. The number of cyclic esters (lactones) is 2. The molecule has 1 saturated heterocycles. The van der Waals surface area contributed by atoms with Crippen LogP contribution in [-0.4, -0.2) is 30.4 Å². The smallest absolute Gasteiger partial charge is 0.348 e. The number of allylic oxidation sites excluding steroid dienone is 1. The first-order valence-electron chi connectivity index (χ1n) is 8.92. The van der Waals surface area contributed by atoms with Crippen molar-refractivity contribution in [2.45, 2.75) is 52.9 Å². The molecule has 6 nitrogen and oxygen atoms in total. The molecule has 6 heteroatoms. The van der Waals surface area contributed by atoms with E-state index in [1.54, 1.807) is 12.1 Å². The van der Waals surface area contributed by atoms with Crippen LogP contribution < -0.4 is 9.47 Å². The number of ether oxygens (including phenoxy) is 4.